The maximum Gasteiger partial charge on any atom is 0.225 e. The zero-order valence-corrected chi connectivity index (χ0v) is 17.5. The summed E-state index contributed by atoms with van der Waals surface area (Å²) in [6.07, 6.45) is 0.942. The van der Waals surface area contributed by atoms with Crippen LogP contribution in [-0.4, -0.2) is 23.3 Å². The molecule has 0 bridgehead atoms. The second-order valence-corrected chi connectivity index (χ2v) is 8.46. The molecule has 30 heavy (non-hydrogen) atoms. The Morgan fingerprint density at radius 3 is 2.57 bits per heavy atom. The van der Waals surface area contributed by atoms with Gasteiger partial charge in [0, 0.05) is 18.3 Å². The number of carbonyl (C=O) groups excluding carboxylic acids is 2. The molecule has 0 saturated heterocycles. The molecule has 0 spiro atoms. The first-order valence-corrected chi connectivity index (χ1v) is 10.8. The molecule has 0 radical (unpaired) electrons. The fourth-order valence-electron chi connectivity index (χ4n) is 4.06. The highest BCUT2D eigenvalue weighted by atomic mass is 32.1. The Morgan fingerprint density at radius 2 is 1.87 bits per heavy atom. The van der Waals surface area contributed by atoms with Crippen LogP contribution in [0.5, 0.6) is 0 Å². The molecule has 2 aromatic carbocycles. The molecule has 4 rings (SSSR count). The zero-order valence-electron chi connectivity index (χ0n) is 16.7. The first-order valence-electron chi connectivity index (χ1n) is 9.96. The number of benzene rings is 2. The van der Waals surface area contributed by atoms with Crippen molar-refractivity contribution >= 4 is 23.2 Å². The third kappa shape index (κ3) is 4.28. The molecule has 0 saturated carbocycles. The van der Waals surface area contributed by atoms with Crippen LogP contribution in [0, 0.1) is 5.82 Å². The van der Waals surface area contributed by atoms with E-state index in [1.807, 2.05) is 35.2 Å². The maximum absolute atomic E-state index is 13.4. The number of halogens is 1. The van der Waals surface area contributed by atoms with Gasteiger partial charge in [-0.15, -0.1) is 11.3 Å². The van der Waals surface area contributed by atoms with Crippen molar-refractivity contribution in [2.75, 3.05) is 6.54 Å². The van der Waals surface area contributed by atoms with Gasteiger partial charge in [-0.3, -0.25) is 9.59 Å². The highest BCUT2D eigenvalue weighted by Crippen LogP contribution is 2.38. The van der Waals surface area contributed by atoms with E-state index < -0.39 is 6.04 Å². The molecule has 1 N–H and O–H groups in total. The van der Waals surface area contributed by atoms with Crippen LogP contribution in [0.1, 0.15) is 47.0 Å². The van der Waals surface area contributed by atoms with Crippen LogP contribution >= 0.6 is 11.3 Å². The van der Waals surface area contributed by atoms with Crippen LogP contribution in [0.3, 0.4) is 0 Å². The number of nitrogens with zero attached hydrogens (tertiary/aromatic N) is 1. The first-order chi connectivity index (χ1) is 14.5. The van der Waals surface area contributed by atoms with Gasteiger partial charge >= 0.3 is 0 Å². The Bertz CT molecular complexity index is 1030. The van der Waals surface area contributed by atoms with Crippen LogP contribution < -0.4 is 5.32 Å². The average Bonchev–Trinajstić information content (AvgIpc) is 3.22. The summed E-state index contributed by atoms with van der Waals surface area (Å²) in [5.74, 6) is -0.615. The number of amides is 2. The molecule has 3 aromatic rings. The van der Waals surface area contributed by atoms with E-state index in [1.54, 1.807) is 23.5 Å². The van der Waals surface area contributed by atoms with E-state index in [4.69, 9.17) is 0 Å². The molecule has 6 heteroatoms. The van der Waals surface area contributed by atoms with E-state index in [9.17, 15) is 14.0 Å². The van der Waals surface area contributed by atoms with Gasteiger partial charge < -0.3 is 10.2 Å². The third-order valence-corrected chi connectivity index (χ3v) is 6.43. The van der Waals surface area contributed by atoms with E-state index in [0.29, 0.717) is 12.1 Å². The summed E-state index contributed by atoms with van der Waals surface area (Å²) in [4.78, 5) is 28.4. The van der Waals surface area contributed by atoms with Crippen molar-refractivity contribution in [1.29, 1.82) is 0 Å². The number of thiophene rings is 1. The van der Waals surface area contributed by atoms with Crippen LogP contribution in [0.25, 0.3) is 0 Å². The highest BCUT2D eigenvalue weighted by Gasteiger charge is 2.33. The zero-order chi connectivity index (χ0) is 21.1. The molecule has 0 unspecified atom stereocenters. The standard InChI is InChI=1S/C24H23FN2O2S/c1-16(28)26-21(17-7-9-19(25)10-8-17)15-23(29)27-13-11-22-20(12-14-30-22)24(27)18-5-3-2-4-6-18/h2-10,12,14,21,24H,11,13,15H2,1H3,(H,26,28)/t21-,24-/m1/s1. The Balaban J connectivity index is 1.63. The van der Waals surface area contributed by atoms with Gasteiger partial charge in [-0.2, -0.15) is 0 Å². The largest absolute Gasteiger partial charge is 0.349 e. The van der Waals surface area contributed by atoms with Gasteiger partial charge in [-0.25, -0.2) is 4.39 Å². The second-order valence-electron chi connectivity index (χ2n) is 7.46. The summed E-state index contributed by atoms with van der Waals surface area (Å²) in [7, 11) is 0. The van der Waals surface area contributed by atoms with E-state index in [2.05, 4.69) is 16.8 Å². The van der Waals surface area contributed by atoms with Crippen molar-refractivity contribution < 1.29 is 14.0 Å². The molecular formula is C24H23FN2O2S. The van der Waals surface area contributed by atoms with Gasteiger partial charge in [0.25, 0.3) is 0 Å². The average molecular weight is 423 g/mol. The summed E-state index contributed by atoms with van der Waals surface area (Å²) in [6, 6.07) is 17.4. The molecule has 2 amide bonds. The number of hydrogen-bond acceptors (Lipinski definition) is 3. The van der Waals surface area contributed by atoms with Crippen LogP contribution in [0.4, 0.5) is 4.39 Å². The second kappa shape index (κ2) is 8.79. The summed E-state index contributed by atoms with van der Waals surface area (Å²) in [5, 5.41) is 4.92. The lowest BCUT2D eigenvalue weighted by Gasteiger charge is -2.37. The smallest absolute Gasteiger partial charge is 0.225 e. The molecule has 0 fully saturated rings. The van der Waals surface area contributed by atoms with Crippen LogP contribution in [0.15, 0.2) is 66.0 Å². The van der Waals surface area contributed by atoms with Crippen LogP contribution in [0.2, 0.25) is 0 Å². The van der Waals surface area contributed by atoms with Gasteiger partial charge in [-0.1, -0.05) is 42.5 Å². The summed E-state index contributed by atoms with van der Waals surface area (Å²) < 4.78 is 13.4. The molecule has 2 heterocycles. The van der Waals surface area contributed by atoms with Crippen molar-refractivity contribution in [2.45, 2.75) is 31.8 Å². The summed E-state index contributed by atoms with van der Waals surface area (Å²) in [6.45, 7) is 2.05. The molecule has 4 nitrogen and oxygen atoms in total. The number of rotatable bonds is 5. The number of hydrogen-bond donors (Lipinski definition) is 1. The minimum atomic E-state index is -0.504. The molecule has 1 aliphatic rings. The molecule has 0 aliphatic carbocycles. The van der Waals surface area contributed by atoms with Crippen molar-refractivity contribution in [2.24, 2.45) is 0 Å². The normalized spacial score (nSPS) is 16.6. The Morgan fingerprint density at radius 1 is 1.13 bits per heavy atom. The first kappa shape index (κ1) is 20.3. The van der Waals surface area contributed by atoms with Crippen molar-refractivity contribution in [3.05, 3.63) is 93.4 Å². The van der Waals surface area contributed by atoms with Gasteiger partial charge in [0.05, 0.1) is 18.5 Å². The summed E-state index contributed by atoms with van der Waals surface area (Å²) >= 11 is 1.73. The SMILES string of the molecule is CC(=O)N[C@H](CC(=O)N1CCc2sccc2[C@H]1c1ccccc1)c1ccc(F)cc1. The quantitative estimate of drug-likeness (QED) is 0.652. The fraction of sp³-hybridized carbons (Fsp3) is 0.250. The van der Waals surface area contributed by atoms with E-state index in [-0.39, 0.29) is 30.1 Å². The molecule has 1 aliphatic heterocycles. The van der Waals surface area contributed by atoms with Gasteiger partial charge in [0.1, 0.15) is 5.82 Å². The Hall–Kier alpha value is -2.99. The number of nitrogens with one attached hydrogen (secondary N) is 1. The number of fused-ring (bicyclic) bond motifs is 1. The van der Waals surface area contributed by atoms with Gasteiger partial charge in [0.15, 0.2) is 0 Å². The lowest BCUT2D eigenvalue weighted by molar-refractivity contribution is -0.134. The third-order valence-electron chi connectivity index (χ3n) is 5.43. The number of carbonyl (C=O) groups is 2. The van der Waals surface area contributed by atoms with E-state index in [0.717, 1.165) is 12.0 Å². The Kier molecular flexibility index (Phi) is 5.95. The fourth-order valence-corrected chi connectivity index (χ4v) is 4.97. The lowest BCUT2D eigenvalue weighted by atomic mass is 9.92. The minimum absolute atomic E-state index is 0.0382. The monoisotopic (exact) mass is 422 g/mol. The predicted molar refractivity (Wildman–Crippen MR) is 116 cm³/mol. The lowest BCUT2D eigenvalue weighted by Crippen LogP contribution is -2.42. The van der Waals surface area contributed by atoms with Gasteiger partial charge in [-0.05, 0) is 46.7 Å². The van der Waals surface area contributed by atoms with Gasteiger partial charge in [0.2, 0.25) is 11.8 Å². The summed E-state index contributed by atoms with van der Waals surface area (Å²) in [5.41, 5.74) is 2.95. The molecular weight excluding hydrogens is 399 g/mol. The van der Waals surface area contributed by atoms with Crippen LogP contribution in [-0.2, 0) is 16.0 Å². The van der Waals surface area contributed by atoms with E-state index in [1.165, 1.54) is 29.5 Å². The Labute approximate surface area is 179 Å². The topological polar surface area (TPSA) is 49.4 Å². The predicted octanol–water partition coefficient (Wildman–Crippen LogP) is 4.63. The molecule has 154 valence electrons. The van der Waals surface area contributed by atoms with Crippen molar-refractivity contribution in [1.82, 2.24) is 10.2 Å². The van der Waals surface area contributed by atoms with Crippen molar-refractivity contribution in [3.8, 4) is 0 Å². The highest BCUT2D eigenvalue weighted by molar-refractivity contribution is 7.10. The maximum atomic E-state index is 13.4. The minimum Gasteiger partial charge on any atom is -0.349 e. The van der Waals surface area contributed by atoms with E-state index >= 15 is 0 Å². The molecule has 2 atom stereocenters. The molecule has 1 aromatic heterocycles. The van der Waals surface area contributed by atoms with Crippen molar-refractivity contribution in [3.63, 3.8) is 0 Å².